The highest BCUT2D eigenvalue weighted by Gasteiger charge is 2.28. The van der Waals surface area contributed by atoms with Crippen LogP contribution >= 0.6 is 11.3 Å². The maximum atomic E-state index is 12.3. The van der Waals surface area contributed by atoms with Crippen LogP contribution in [0.1, 0.15) is 39.9 Å². The number of hydrogen-bond donors (Lipinski definition) is 1. The summed E-state index contributed by atoms with van der Waals surface area (Å²) in [4.78, 5) is 16.4. The number of aryl methyl sites for hydroxylation is 1. The van der Waals surface area contributed by atoms with Crippen molar-refractivity contribution in [3.05, 3.63) is 21.4 Å². The Morgan fingerprint density at radius 3 is 3.06 bits per heavy atom. The van der Waals surface area contributed by atoms with Crippen LogP contribution in [-0.4, -0.2) is 35.1 Å². The van der Waals surface area contributed by atoms with Gasteiger partial charge in [0.2, 0.25) is 0 Å². The molecule has 0 aromatic carbocycles. The van der Waals surface area contributed by atoms with E-state index in [4.69, 9.17) is 0 Å². The van der Waals surface area contributed by atoms with Crippen LogP contribution in [0.3, 0.4) is 0 Å². The van der Waals surface area contributed by atoms with Gasteiger partial charge in [0, 0.05) is 18.0 Å². The standard InChI is InChI=1S/C14H19NO2S/c1-9-2-3-12-10(6-9)7-13(18-12)14(17)15-5-4-11(16)8-15/h7,9,11,16H,2-6,8H2,1H3/t9?,11-/m1/s1. The summed E-state index contributed by atoms with van der Waals surface area (Å²) in [5.41, 5.74) is 1.38. The smallest absolute Gasteiger partial charge is 0.264 e. The van der Waals surface area contributed by atoms with E-state index in [0.29, 0.717) is 19.5 Å². The summed E-state index contributed by atoms with van der Waals surface area (Å²) in [5, 5.41) is 9.50. The second-order valence-corrected chi connectivity index (χ2v) is 6.74. The van der Waals surface area contributed by atoms with Gasteiger partial charge in [-0.05, 0) is 43.2 Å². The molecule has 1 amide bonds. The van der Waals surface area contributed by atoms with E-state index in [9.17, 15) is 9.90 Å². The Labute approximate surface area is 111 Å². The van der Waals surface area contributed by atoms with E-state index < -0.39 is 0 Å². The van der Waals surface area contributed by atoms with Crippen LogP contribution < -0.4 is 0 Å². The van der Waals surface area contributed by atoms with Crippen LogP contribution in [0.15, 0.2) is 6.07 Å². The van der Waals surface area contributed by atoms with Gasteiger partial charge in [0.05, 0.1) is 11.0 Å². The Kier molecular flexibility index (Phi) is 3.16. The lowest BCUT2D eigenvalue weighted by Crippen LogP contribution is -2.28. The second-order valence-electron chi connectivity index (χ2n) is 5.60. The van der Waals surface area contributed by atoms with E-state index in [2.05, 4.69) is 13.0 Å². The molecule has 3 rings (SSSR count). The van der Waals surface area contributed by atoms with Crippen molar-refractivity contribution in [3.8, 4) is 0 Å². The number of nitrogens with zero attached hydrogens (tertiary/aromatic N) is 1. The van der Waals surface area contributed by atoms with Gasteiger partial charge in [0.25, 0.3) is 5.91 Å². The first-order chi connectivity index (χ1) is 8.63. The molecule has 2 heterocycles. The van der Waals surface area contributed by atoms with E-state index in [1.807, 2.05) is 0 Å². The summed E-state index contributed by atoms with van der Waals surface area (Å²) >= 11 is 1.66. The van der Waals surface area contributed by atoms with Gasteiger partial charge in [0.15, 0.2) is 0 Å². The molecule has 1 aromatic heterocycles. The molecule has 2 aliphatic rings. The number of aliphatic hydroxyl groups is 1. The summed E-state index contributed by atoms with van der Waals surface area (Å²) in [6, 6.07) is 2.09. The van der Waals surface area contributed by atoms with Gasteiger partial charge >= 0.3 is 0 Å². The molecule has 0 spiro atoms. The van der Waals surface area contributed by atoms with Crippen molar-refractivity contribution in [3.63, 3.8) is 0 Å². The summed E-state index contributed by atoms with van der Waals surface area (Å²) in [5.74, 6) is 0.849. The maximum Gasteiger partial charge on any atom is 0.264 e. The number of fused-ring (bicyclic) bond motifs is 1. The van der Waals surface area contributed by atoms with Crippen LogP contribution in [0.25, 0.3) is 0 Å². The molecule has 1 saturated heterocycles. The van der Waals surface area contributed by atoms with Gasteiger partial charge in [-0.1, -0.05) is 6.92 Å². The topological polar surface area (TPSA) is 40.5 Å². The third-order valence-electron chi connectivity index (χ3n) is 3.99. The Balaban J connectivity index is 1.79. The molecule has 0 radical (unpaired) electrons. The van der Waals surface area contributed by atoms with Crippen molar-refractivity contribution in [2.45, 2.75) is 38.7 Å². The van der Waals surface area contributed by atoms with Crippen molar-refractivity contribution in [1.29, 1.82) is 0 Å². The molecule has 4 heteroatoms. The monoisotopic (exact) mass is 265 g/mol. The van der Waals surface area contributed by atoms with Crippen molar-refractivity contribution in [2.75, 3.05) is 13.1 Å². The lowest BCUT2D eigenvalue weighted by Gasteiger charge is -2.16. The van der Waals surface area contributed by atoms with E-state index in [1.165, 1.54) is 16.9 Å². The van der Waals surface area contributed by atoms with Crippen LogP contribution in [0.5, 0.6) is 0 Å². The molecule has 1 aliphatic carbocycles. The minimum Gasteiger partial charge on any atom is -0.391 e. The number of hydrogen-bond acceptors (Lipinski definition) is 3. The fourth-order valence-corrected chi connectivity index (χ4v) is 4.07. The predicted molar refractivity (Wildman–Crippen MR) is 72.0 cm³/mol. The number of likely N-dealkylation sites (tertiary alicyclic amines) is 1. The van der Waals surface area contributed by atoms with E-state index in [1.54, 1.807) is 16.2 Å². The van der Waals surface area contributed by atoms with Crippen LogP contribution in [-0.2, 0) is 12.8 Å². The Morgan fingerprint density at radius 2 is 2.33 bits per heavy atom. The van der Waals surface area contributed by atoms with Gasteiger partial charge in [0.1, 0.15) is 0 Å². The van der Waals surface area contributed by atoms with E-state index in [-0.39, 0.29) is 12.0 Å². The number of amides is 1. The summed E-state index contributed by atoms with van der Waals surface area (Å²) in [6.45, 7) is 3.47. The predicted octanol–water partition coefficient (Wildman–Crippen LogP) is 2.08. The Bertz CT molecular complexity index is 468. The summed E-state index contributed by atoms with van der Waals surface area (Å²) in [7, 11) is 0. The lowest BCUT2D eigenvalue weighted by molar-refractivity contribution is 0.0769. The number of rotatable bonds is 1. The second kappa shape index (κ2) is 4.67. The normalized spacial score (nSPS) is 27.3. The largest absolute Gasteiger partial charge is 0.391 e. The Morgan fingerprint density at radius 1 is 1.50 bits per heavy atom. The molecule has 18 heavy (non-hydrogen) atoms. The quantitative estimate of drug-likeness (QED) is 0.844. The zero-order valence-electron chi connectivity index (χ0n) is 10.7. The van der Waals surface area contributed by atoms with Gasteiger partial charge in [-0.25, -0.2) is 0 Å². The molecule has 1 aromatic rings. The Hall–Kier alpha value is -0.870. The fourth-order valence-electron chi connectivity index (χ4n) is 2.89. The minimum atomic E-state index is -0.330. The highest BCUT2D eigenvalue weighted by atomic mass is 32.1. The fraction of sp³-hybridized carbons (Fsp3) is 0.643. The molecule has 98 valence electrons. The SMILES string of the molecule is CC1CCc2sc(C(=O)N3CC[C@@H](O)C3)cc2C1. The lowest BCUT2D eigenvalue weighted by atomic mass is 9.90. The van der Waals surface area contributed by atoms with Crippen molar-refractivity contribution in [1.82, 2.24) is 4.90 Å². The summed E-state index contributed by atoms with van der Waals surface area (Å²) in [6.07, 6.45) is 3.86. The highest BCUT2D eigenvalue weighted by molar-refractivity contribution is 7.14. The third-order valence-corrected chi connectivity index (χ3v) is 5.22. The van der Waals surface area contributed by atoms with Crippen LogP contribution in [0, 0.1) is 5.92 Å². The van der Waals surface area contributed by atoms with Crippen molar-refractivity contribution < 1.29 is 9.90 Å². The summed E-state index contributed by atoms with van der Waals surface area (Å²) < 4.78 is 0. The zero-order valence-corrected chi connectivity index (χ0v) is 11.5. The molecule has 1 unspecified atom stereocenters. The van der Waals surface area contributed by atoms with Crippen LogP contribution in [0.2, 0.25) is 0 Å². The molecule has 3 nitrogen and oxygen atoms in total. The number of β-amino-alcohol motifs (C(OH)–C–C–N with tert-alkyl or cyclic N) is 1. The molecule has 1 N–H and O–H groups in total. The van der Waals surface area contributed by atoms with Gasteiger partial charge in [-0.2, -0.15) is 0 Å². The average Bonchev–Trinajstić information content (AvgIpc) is 2.93. The first kappa shape index (κ1) is 12.2. The van der Waals surface area contributed by atoms with Crippen LogP contribution in [0.4, 0.5) is 0 Å². The first-order valence-corrected chi connectivity index (χ1v) is 7.54. The molecule has 0 bridgehead atoms. The zero-order chi connectivity index (χ0) is 12.7. The first-order valence-electron chi connectivity index (χ1n) is 6.72. The van der Waals surface area contributed by atoms with Crippen molar-refractivity contribution >= 4 is 17.2 Å². The third kappa shape index (κ3) is 2.19. The molecular weight excluding hydrogens is 246 g/mol. The van der Waals surface area contributed by atoms with Gasteiger partial charge in [-0.3, -0.25) is 4.79 Å². The number of carbonyl (C=O) groups excluding carboxylic acids is 1. The molecule has 1 aliphatic heterocycles. The number of thiophene rings is 1. The van der Waals surface area contributed by atoms with E-state index >= 15 is 0 Å². The minimum absolute atomic E-state index is 0.110. The number of carbonyl (C=O) groups is 1. The highest BCUT2D eigenvalue weighted by Crippen LogP contribution is 2.33. The maximum absolute atomic E-state index is 12.3. The molecule has 0 saturated carbocycles. The average molecular weight is 265 g/mol. The molecule has 1 fully saturated rings. The van der Waals surface area contributed by atoms with E-state index in [0.717, 1.165) is 23.6 Å². The number of aliphatic hydroxyl groups excluding tert-OH is 1. The molecular formula is C14H19NO2S. The molecule has 2 atom stereocenters. The van der Waals surface area contributed by atoms with Gasteiger partial charge in [-0.15, -0.1) is 11.3 Å². The van der Waals surface area contributed by atoms with Gasteiger partial charge < -0.3 is 10.0 Å². The van der Waals surface area contributed by atoms with Crippen molar-refractivity contribution in [2.24, 2.45) is 5.92 Å².